The standard InChI is InChI=1S/C8H9BrO2S/c1-6-3-4-7(9)5-8(6)12(2,10)11/h3-5H,1-2H3. The van der Waals surface area contributed by atoms with Crippen LogP contribution in [0.4, 0.5) is 0 Å². The van der Waals surface area contributed by atoms with Gasteiger partial charge in [-0.15, -0.1) is 0 Å². The largest absolute Gasteiger partial charge is 0.224 e. The van der Waals surface area contributed by atoms with Gasteiger partial charge in [0, 0.05) is 10.7 Å². The molecule has 0 aromatic heterocycles. The Morgan fingerprint density at radius 1 is 1.33 bits per heavy atom. The first-order valence-corrected chi connectivity index (χ1v) is 6.06. The maximum Gasteiger partial charge on any atom is 0.175 e. The minimum absolute atomic E-state index is 0.386. The summed E-state index contributed by atoms with van der Waals surface area (Å²) in [7, 11) is -3.09. The third-order valence-electron chi connectivity index (χ3n) is 1.55. The molecule has 0 heterocycles. The van der Waals surface area contributed by atoms with Crippen LogP contribution in [0.2, 0.25) is 0 Å². The average molecular weight is 249 g/mol. The first-order valence-electron chi connectivity index (χ1n) is 3.37. The van der Waals surface area contributed by atoms with E-state index >= 15 is 0 Å². The van der Waals surface area contributed by atoms with Crippen LogP contribution in [-0.4, -0.2) is 14.7 Å². The van der Waals surface area contributed by atoms with E-state index in [0.717, 1.165) is 10.0 Å². The van der Waals surface area contributed by atoms with Crippen LogP contribution >= 0.6 is 15.9 Å². The molecule has 0 bridgehead atoms. The lowest BCUT2D eigenvalue weighted by molar-refractivity contribution is 0.601. The number of halogens is 1. The smallest absolute Gasteiger partial charge is 0.175 e. The molecule has 0 aliphatic carbocycles. The second-order valence-electron chi connectivity index (χ2n) is 2.68. The van der Waals surface area contributed by atoms with E-state index < -0.39 is 9.84 Å². The van der Waals surface area contributed by atoms with Crippen LogP contribution < -0.4 is 0 Å². The number of sulfone groups is 1. The van der Waals surface area contributed by atoms with Gasteiger partial charge in [-0.25, -0.2) is 8.42 Å². The Kier molecular flexibility index (Phi) is 2.58. The molecule has 0 spiro atoms. The summed E-state index contributed by atoms with van der Waals surface area (Å²) in [6.45, 7) is 1.78. The van der Waals surface area contributed by atoms with Crippen LogP contribution in [0, 0.1) is 6.92 Å². The Morgan fingerprint density at radius 3 is 2.33 bits per heavy atom. The third kappa shape index (κ3) is 2.08. The van der Waals surface area contributed by atoms with Gasteiger partial charge in [-0.2, -0.15) is 0 Å². The van der Waals surface area contributed by atoms with E-state index in [1.54, 1.807) is 19.1 Å². The fourth-order valence-electron chi connectivity index (χ4n) is 0.973. The van der Waals surface area contributed by atoms with Crippen LogP contribution in [0.1, 0.15) is 5.56 Å². The summed E-state index contributed by atoms with van der Waals surface area (Å²) in [5, 5.41) is 0. The quantitative estimate of drug-likeness (QED) is 0.764. The minimum Gasteiger partial charge on any atom is -0.224 e. The lowest BCUT2D eigenvalue weighted by Gasteiger charge is -2.02. The van der Waals surface area contributed by atoms with E-state index in [1.807, 2.05) is 6.07 Å². The van der Waals surface area contributed by atoms with Gasteiger partial charge in [-0.3, -0.25) is 0 Å². The van der Waals surface area contributed by atoms with Gasteiger partial charge in [-0.05, 0) is 24.6 Å². The van der Waals surface area contributed by atoms with E-state index in [4.69, 9.17) is 0 Å². The molecule has 1 aromatic rings. The van der Waals surface area contributed by atoms with Crippen molar-refractivity contribution >= 4 is 25.8 Å². The zero-order valence-corrected chi connectivity index (χ0v) is 9.24. The highest BCUT2D eigenvalue weighted by Gasteiger charge is 2.10. The molecule has 0 saturated carbocycles. The van der Waals surface area contributed by atoms with Gasteiger partial charge in [0.05, 0.1) is 4.90 Å². The van der Waals surface area contributed by atoms with E-state index in [2.05, 4.69) is 15.9 Å². The van der Waals surface area contributed by atoms with Crippen molar-refractivity contribution in [3.05, 3.63) is 28.2 Å². The molecule has 0 aliphatic rings. The minimum atomic E-state index is -3.09. The number of hydrogen-bond donors (Lipinski definition) is 0. The first kappa shape index (κ1) is 9.74. The highest BCUT2D eigenvalue weighted by molar-refractivity contribution is 9.10. The van der Waals surface area contributed by atoms with Gasteiger partial charge < -0.3 is 0 Å². The van der Waals surface area contributed by atoms with E-state index in [0.29, 0.717) is 4.90 Å². The second kappa shape index (κ2) is 3.18. The zero-order chi connectivity index (χ0) is 9.35. The van der Waals surface area contributed by atoms with Crippen LogP contribution in [0.3, 0.4) is 0 Å². The maximum atomic E-state index is 11.2. The Balaban J connectivity index is 3.43. The predicted octanol–water partition coefficient (Wildman–Crippen LogP) is 2.16. The molecule has 1 aromatic carbocycles. The number of hydrogen-bond acceptors (Lipinski definition) is 2. The molecule has 66 valence electrons. The van der Waals surface area contributed by atoms with E-state index in [9.17, 15) is 8.42 Å². The summed E-state index contributed by atoms with van der Waals surface area (Å²) < 4.78 is 23.2. The maximum absolute atomic E-state index is 11.2. The summed E-state index contributed by atoms with van der Waals surface area (Å²) in [6.07, 6.45) is 1.21. The highest BCUT2D eigenvalue weighted by atomic mass is 79.9. The van der Waals surface area contributed by atoms with Crippen molar-refractivity contribution in [1.82, 2.24) is 0 Å². The van der Waals surface area contributed by atoms with Crippen molar-refractivity contribution < 1.29 is 8.42 Å². The molecule has 0 N–H and O–H groups in total. The fourth-order valence-corrected chi connectivity index (χ4v) is 2.48. The predicted molar refractivity (Wildman–Crippen MR) is 52.0 cm³/mol. The summed E-state index contributed by atoms with van der Waals surface area (Å²) in [6, 6.07) is 5.22. The molecule has 2 nitrogen and oxygen atoms in total. The second-order valence-corrected chi connectivity index (χ2v) is 5.58. The molecule has 0 saturated heterocycles. The van der Waals surface area contributed by atoms with Crippen LogP contribution in [0.15, 0.2) is 27.6 Å². The molecular formula is C8H9BrO2S. The van der Waals surface area contributed by atoms with Gasteiger partial charge in [0.1, 0.15) is 0 Å². The van der Waals surface area contributed by atoms with Gasteiger partial charge in [-0.1, -0.05) is 22.0 Å². The zero-order valence-electron chi connectivity index (χ0n) is 6.83. The van der Waals surface area contributed by atoms with Crippen molar-refractivity contribution in [3.63, 3.8) is 0 Å². The Bertz CT molecular complexity index is 396. The van der Waals surface area contributed by atoms with Gasteiger partial charge >= 0.3 is 0 Å². The first-order chi connectivity index (χ1) is 5.41. The molecule has 0 fully saturated rings. The Morgan fingerprint density at radius 2 is 1.92 bits per heavy atom. The number of benzene rings is 1. The molecule has 0 amide bonds. The molecule has 0 atom stereocenters. The normalized spacial score (nSPS) is 11.6. The molecule has 0 unspecified atom stereocenters. The average Bonchev–Trinajstić information content (AvgIpc) is 1.92. The molecular weight excluding hydrogens is 240 g/mol. The van der Waals surface area contributed by atoms with Gasteiger partial charge in [0.2, 0.25) is 0 Å². The fraction of sp³-hybridized carbons (Fsp3) is 0.250. The molecule has 12 heavy (non-hydrogen) atoms. The number of rotatable bonds is 1. The van der Waals surface area contributed by atoms with Crippen molar-refractivity contribution in [2.45, 2.75) is 11.8 Å². The monoisotopic (exact) mass is 248 g/mol. The highest BCUT2D eigenvalue weighted by Crippen LogP contribution is 2.19. The van der Waals surface area contributed by atoms with Gasteiger partial charge in [0.15, 0.2) is 9.84 Å². The van der Waals surface area contributed by atoms with Crippen LogP contribution in [0.5, 0.6) is 0 Å². The van der Waals surface area contributed by atoms with E-state index in [-0.39, 0.29) is 0 Å². The van der Waals surface area contributed by atoms with Crippen LogP contribution in [0.25, 0.3) is 0 Å². The topological polar surface area (TPSA) is 34.1 Å². The third-order valence-corrected chi connectivity index (χ3v) is 3.28. The van der Waals surface area contributed by atoms with Crippen LogP contribution in [-0.2, 0) is 9.84 Å². The summed E-state index contributed by atoms with van der Waals surface area (Å²) >= 11 is 3.22. The van der Waals surface area contributed by atoms with Crippen molar-refractivity contribution in [2.75, 3.05) is 6.26 Å². The van der Waals surface area contributed by atoms with Crippen molar-refractivity contribution in [1.29, 1.82) is 0 Å². The molecule has 0 aliphatic heterocycles. The lowest BCUT2D eigenvalue weighted by atomic mass is 10.2. The molecule has 1 rings (SSSR count). The van der Waals surface area contributed by atoms with Crippen molar-refractivity contribution in [3.8, 4) is 0 Å². The van der Waals surface area contributed by atoms with E-state index in [1.165, 1.54) is 6.26 Å². The number of aryl methyl sites for hydroxylation is 1. The molecule has 4 heteroatoms. The summed E-state index contributed by atoms with van der Waals surface area (Å²) in [5.74, 6) is 0. The van der Waals surface area contributed by atoms with Gasteiger partial charge in [0.25, 0.3) is 0 Å². The Hall–Kier alpha value is -0.350. The summed E-state index contributed by atoms with van der Waals surface area (Å²) in [5.41, 5.74) is 0.778. The molecule has 0 radical (unpaired) electrons. The summed E-state index contributed by atoms with van der Waals surface area (Å²) in [4.78, 5) is 0.386. The Labute approximate surface area is 80.7 Å². The van der Waals surface area contributed by atoms with Crippen molar-refractivity contribution in [2.24, 2.45) is 0 Å². The lowest BCUT2D eigenvalue weighted by Crippen LogP contribution is -1.99. The SMILES string of the molecule is Cc1ccc(Br)cc1S(C)(=O)=O.